The maximum Gasteiger partial charge on any atom is 0.309 e. The third kappa shape index (κ3) is 3.26. The predicted octanol–water partition coefficient (Wildman–Crippen LogP) is 3.76. The summed E-state index contributed by atoms with van der Waals surface area (Å²) in [7, 11) is 1.47. The second-order valence-electron chi connectivity index (χ2n) is 8.57. The molecule has 126 valence electrons. The summed E-state index contributed by atoms with van der Waals surface area (Å²) in [4.78, 5) is 12.3. The van der Waals surface area contributed by atoms with Crippen molar-refractivity contribution in [3.05, 3.63) is 11.5 Å². The van der Waals surface area contributed by atoms with E-state index in [2.05, 4.69) is 41.5 Å². The molecule has 4 nitrogen and oxygen atoms in total. The number of carbonyl (C=O) groups is 1. The normalized spacial score (nSPS) is 31.5. The van der Waals surface area contributed by atoms with Gasteiger partial charge in [0, 0.05) is 11.0 Å². The molecule has 1 heterocycles. The number of allylic oxidation sites excluding steroid dienone is 1. The predicted molar refractivity (Wildman–Crippen MR) is 84.9 cm³/mol. The highest BCUT2D eigenvalue weighted by atomic mass is 16.7. The first kappa shape index (κ1) is 17.2. The molecule has 1 aliphatic carbocycles. The highest BCUT2D eigenvalue weighted by molar-refractivity contribution is 5.74. The average molecular weight is 310 g/mol. The largest absolute Gasteiger partial charge is 0.469 e. The van der Waals surface area contributed by atoms with Crippen molar-refractivity contribution in [1.82, 2.24) is 0 Å². The van der Waals surface area contributed by atoms with Crippen LogP contribution in [0.5, 0.6) is 0 Å². The number of carbonyl (C=O) groups excluding carboxylic acids is 1. The van der Waals surface area contributed by atoms with Gasteiger partial charge in [-0.2, -0.15) is 0 Å². The average Bonchev–Trinajstić information content (AvgIpc) is 2.76. The molecule has 0 aromatic carbocycles. The van der Waals surface area contributed by atoms with Gasteiger partial charge in [0.05, 0.1) is 26.2 Å². The topological polar surface area (TPSA) is 44.8 Å². The number of methoxy groups -OCH3 is 1. The SMILES string of the molecule is COC(=O)[C@H]1[C@H](C)C(=C2OCC(C)(C)CO2)C[C@@H]1C(C)(C)C. The first-order chi connectivity index (χ1) is 10.1. The summed E-state index contributed by atoms with van der Waals surface area (Å²) >= 11 is 0. The molecule has 0 bridgehead atoms. The van der Waals surface area contributed by atoms with Gasteiger partial charge in [0.1, 0.15) is 0 Å². The summed E-state index contributed by atoms with van der Waals surface area (Å²) < 4.78 is 16.8. The molecule has 3 atom stereocenters. The van der Waals surface area contributed by atoms with Gasteiger partial charge < -0.3 is 14.2 Å². The van der Waals surface area contributed by atoms with Crippen molar-refractivity contribution in [2.75, 3.05) is 20.3 Å². The lowest BCUT2D eigenvalue weighted by Gasteiger charge is -2.32. The Hall–Kier alpha value is -1.19. The van der Waals surface area contributed by atoms with Gasteiger partial charge in [-0.15, -0.1) is 0 Å². The van der Waals surface area contributed by atoms with Gasteiger partial charge in [-0.3, -0.25) is 4.79 Å². The Balaban J connectivity index is 2.30. The summed E-state index contributed by atoms with van der Waals surface area (Å²) in [5.74, 6) is 0.716. The smallest absolute Gasteiger partial charge is 0.309 e. The molecule has 0 radical (unpaired) electrons. The minimum atomic E-state index is -0.130. The van der Waals surface area contributed by atoms with E-state index in [1.807, 2.05) is 0 Å². The Kier molecular flexibility index (Phi) is 4.51. The minimum Gasteiger partial charge on any atom is -0.469 e. The van der Waals surface area contributed by atoms with E-state index in [-0.39, 0.29) is 34.6 Å². The third-order valence-corrected chi connectivity index (χ3v) is 5.00. The lowest BCUT2D eigenvalue weighted by Crippen LogP contribution is -2.33. The number of esters is 1. The lowest BCUT2D eigenvalue weighted by atomic mass is 9.73. The maximum absolute atomic E-state index is 12.3. The van der Waals surface area contributed by atoms with Gasteiger partial charge in [-0.25, -0.2) is 0 Å². The number of ether oxygens (including phenoxy) is 3. The molecule has 0 N–H and O–H groups in total. The zero-order valence-electron chi connectivity index (χ0n) is 15.0. The first-order valence-corrected chi connectivity index (χ1v) is 8.13. The molecule has 0 unspecified atom stereocenters. The van der Waals surface area contributed by atoms with E-state index in [1.165, 1.54) is 7.11 Å². The van der Waals surface area contributed by atoms with Crippen molar-refractivity contribution >= 4 is 5.97 Å². The van der Waals surface area contributed by atoms with Gasteiger partial charge in [-0.1, -0.05) is 41.5 Å². The fraction of sp³-hybridized carbons (Fsp3) is 0.833. The molecule has 2 fully saturated rings. The Morgan fingerprint density at radius 2 is 1.77 bits per heavy atom. The van der Waals surface area contributed by atoms with Crippen LogP contribution in [0.3, 0.4) is 0 Å². The van der Waals surface area contributed by atoms with Crippen LogP contribution in [0.25, 0.3) is 0 Å². The van der Waals surface area contributed by atoms with Crippen LogP contribution in [0, 0.1) is 28.6 Å². The van der Waals surface area contributed by atoms with Crippen molar-refractivity contribution in [2.24, 2.45) is 28.6 Å². The molecule has 1 saturated carbocycles. The van der Waals surface area contributed by atoms with Gasteiger partial charge in [-0.05, 0) is 23.7 Å². The third-order valence-electron chi connectivity index (χ3n) is 5.00. The van der Waals surface area contributed by atoms with E-state index >= 15 is 0 Å². The van der Waals surface area contributed by atoms with Gasteiger partial charge in [0.2, 0.25) is 0 Å². The highest BCUT2D eigenvalue weighted by Gasteiger charge is 2.49. The molecular formula is C18H30O4. The Morgan fingerprint density at radius 1 is 1.23 bits per heavy atom. The molecule has 1 saturated heterocycles. The fourth-order valence-electron chi connectivity index (χ4n) is 3.52. The van der Waals surface area contributed by atoms with Crippen molar-refractivity contribution < 1.29 is 19.0 Å². The van der Waals surface area contributed by atoms with Crippen LogP contribution >= 0.6 is 0 Å². The molecule has 22 heavy (non-hydrogen) atoms. The standard InChI is InChI=1S/C18H30O4/c1-11-12(16-21-9-18(5,6)10-22-16)8-13(17(2,3)4)14(11)15(19)20-7/h11,13-14H,8-10H2,1-7H3/t11-,13+,14+/m1/s1. The molecule has 4 heteroatoms. The molecule has 0 spiro atoms. The van der Waals surface area contributed by atoms with Gasteiger partial charge >= 0.3 is 5.97 Å². The summed E-state index contributed by atoms with van der Waals surface area (Å²) in [5.41, 5.74) is 1.20. The monoisotopic (exact) mass is 310 g/mol. The summed E-state index contributed by atoms with van der Waals surface area (Å²) in [6.07, 6.45) is 0.834. The lowest BCUT2D eigenvalue weighted by molar-refractivity contribution is -0.149. The molecule has 0 aromatic heterocycles. The Labute approximate surface area is 134 Å². The van der Waals surface area contributed by atoms with Crippen molar-refractivity contribution in [3.63, 3.8) is 0 Å². The summed E-state index contributed by atoms with van der Waals surface area (Å²) in [5, 5.41) is 0. The fourth-order valence-corrected chi connectivity index (χ4v) is 3.52. The molecule has 2 rings (SSSR count). The quantitative estimate of drug-likeness (QED) is 0.692. The van der Waals surface area contributed by atoms with Crippen LogP contribution in [0.1, 0.15) is 48.0 Å². The maximum atomic E-state index is 12.3. The van der Waals surface area contributed by atoms with E-state index in [4.69, 9.17) is 14.2 Å². The van der Waals surface area contributed by atoms with Crippen molar-refractivity contribution in [1.29, 1.82) is 0 Å². The van der Waals surface area contributed by atoms with E-state index in [0.29, 0.717) is 19.2 Å². The van der Waals surface area contributed by atoms with Crippen LogP contribution in [0.4, 0.5) is 0 Å². The van der Waals surface area contributed by atoms with E-state index < -0.39 is 0 Å². The Morgan fingerprint density at radius 3 is 2.23 bits per heavy atom. The van der Waals surface area contributed by atoms with Crippen LogP contribution < -0.4 is 0 Å². The summed E-state index contributed by atoms with van der Waals surface area (Å²) in [6, 6.07) is 0. The second kappa shape index (κ2) is 5.78. The molecular weight excluding hydrogens is 280 g/mol. The van der Waals surface area contributed by atoms with Crippen molar-refractivity contribution in [3.8, 4) is 0 Å². The van der Waals surface area contributed by atoms with Crippen LogP contribution in [0.2, 0.25) is 0 Å². The zero-order valence-corrected chi connectivity index (χ0v) is 15.0. The number of hydrogen-bond donors (Lipinski definition) is 0. The first-order valence-electron chi connectivity index (χ1n) is 8.13. The molecule has 1 aliphatic heterocycles. The van der Waals surface area contributed by atoms with Crippen LogP contribution in [-0.2, 0) is 19.0 Å². The van der Waals surface area contributed by atoms with E-state index in [1.54, 1.807) is 0 Å². The van der Waals surface area contributed by atoms with Crippen LogP contribution in [0.15, 0.2) is 11.5 Å². The second-order valence-corrected chi connectivity index (χ2v) is 8.57. The van der Waals surface area contributed by atoms with Gasteiger partial charge in [0.25, 0.3) is 5.95 Å². The molecule has 0 aromatic rings. The van der Waals surface area contributed by atoms with Crippen LogP contribution in [-0.4, -0.2) is 26.3 Å². The summed E-state index contributed by atoms with van der Waals surface area (Å²) in [6.45, 7) is 14.2. The molecule has 2 aliphatic rings. The van der Waals surface area contributed by atoms with E-state index in [9.17, 15) is 4.79 Å². The van der Waals surface area contributed by atoms with Gasteiger partial charge in [0.15, 0.2) is 0 Å². The minimum absolute atomic E-state index is 0.0311. The Bertz CT molecular complexity index is 458. The number of hydrogen-bond acceptors (Lipinski definition) is 4. The number of rotatable bonds is 1. The molecule has 0 amide bonds. The van der Waals surface area contributed by atoms with E-state index in [0.717, 1.165) is 12.0 Å². The van der Waals surface area contributed by atoms with Crippen molar-refractivity contribution in [2.45, 2.75) is 48.0 Å². The zero-order chi connectivity index (χ0) is 16.7. The highest BCUT2D eigenvalue weighted by Crippen LogP contribution is 2.51.